The molecular weight excluding hydrogens is 390 g/mol. The zero-order valence-corrected chi connectivity index (χ0v) is 9.81. The van der Waals surface area contributed by atoms with Gasteiger partial charge < -0.3 is 2.85 Å². The smallest absolute Gasteiger partial charge is 1.00 e. The van der Waals surface area contributed by atoms with Gasteiger partial charge in [0, 0.05) is 39.9 Å². The Kier molecular flexibility index (Phi) is 1150. The average Bonchev–Trinajstić information content (AvgIpc) is 0. The molecule has 0 aromatic rings. The molecule has 0 aromatic carbocycles. The van der Waals surface area contributed by atoms with E-state index in [1.165, 1.54) is 0 Å². The number of hydrogen-bond acceptors (Lipinski definition) is 0. The fourth-order valence-corrected chi connectivity index (χ4v) is 0. The molecule has 0 heterocycles. The van der Waals surface area contributed by atoms with E-state index in [1.54, 1.807) is 0 Å². The van der Waals surface area contributed by atoms with Gasteiger partial charge in [-0.1, -0.05) is 0 Å². The van der Waals surface area contributed by atoms with E-state index in [2.05, 4.69) is 0 Å². The SMILES string of the molecule is F.F.F.F.F.[Ba+2].[Gd].[H-].[H-]. The van der Waals surface area contributed by atoms with Crippen LogP contribution in [0.2, 0.25) is 0 Å². The third-order valence-electron chi connectivity index (χ3n) is 0. The summed E-state index contributed by atoms with van der Waals surface area (Å²) in [6.07, 6.45) is 0. The first-order valence-electron chi connectivity index (χ1n) is 0. The minimum Gasteiger partial charge on any atom is -1.00 e. The van der Waals surface area contributed by atoms with E-state index in [1.807, 2.05) is 0 Å². The van der Waals surface area contributed by atoms with Crippen molar-refractivity contribution in [3.05, 3.63) is 0 Å². The Morgan fingerprint density at radius 2 is 0.571 bits per heavy atom. The largest absolute Gasteiger partial charge is 2.00 e. The van der Waals surface area contributed by atoms with Crippen molar-refractivity contribution in [1.29, 1.82) is 0 Å². The Bertz CT molecular complexity index is 14.9. The van der Waals surface area contributed by atoms with E-state index in [0.717, 1.165) is 0 Å². The molecule has 0 saturated heterocycles. The molecule has 0 aliphatic rings. The molecule has 0 radical (unpaired) electrons. The summed E-state index contributed by atoms with van der Waals surface area (Å²) in [5.74, 6) is 0. The minimum atomic E-state index is 0. The zero-order valence-electron chi connectivity index (χ0n) is 5.10. The first kappa shape index (κ1) is 108. The quantitative estimate of drug-likeness (QED) is 0.416. The molecule has 0 atom stereocenters. The fraction of sp³-hybridized carbons (Fsp3) is 0. The predicted molar refractivity (Wildman–Crippen MR) is 20.5 cm³/mol. The van der Waals surface area contributed by atoms with Crippen LogP contribution in [0.4, 0.5) is 23.5 Å². The van der Waals surface area contributed by atoms with Crippen molar-refractivity contribution in [3.63, 3.8) is 0 Å². The van der Waals surface area contributed by atoms with Crippen molar-refractivity contribution in [2.45, 2.75) is 0 Å². The molecule has 0 amide bonds. The molecule has 0 saturated carbocycles. The maximum absolute atomic E-state index is 0. The molecule has 0 rings (SSSR count). The van der Waals surface area contributed by atoms with Crippen LogP contribution in [-0.2, 0) is 0 Å². The van der Waals surface area contributed by atoms with E-state index in [9.17, 15) is 0 Å². The fourth-order valence-electron chi connectivity index (χ4n) is 0. The van der Waals surface area contributed by atoms with Gasteiger partial charge in [0.25, 0.3) is 0 Å². The van der Waals surface area contributed by atoms with Crippen molar-refractivity contribution in [1.82, 2.24) is 0 Å². The van der Waals surface area contributed by atoms with E-state index in [4.69, 9.17) is 0 Å². The van der Waals surface area contributed by atoms with Crippen molar-refractivity contribution in [2.24, 2.45) is 0 Å². The van der Waals surface area contributed by atoms with Crippen LogP contribution in [0.3, 0.4) is 0 Å². The summed E-state index contributed by atoms with van der Waals surface area (Å²) in [6, 6.07) is 0. The standard InChI is InChI=1S/Ba.5FH.Gd.2H/h;5*1H;;;/q+2;;;;;;;2*-1. The second-order valence-electron chi connectivity index (χ2n) is 0. The van der Waals surface area contributed by atoms with Gasteiger partial charge in [0.2, 0.25) is 0 Å². The Morgan fingerprint density at radius 3 is 0.571 bits per heavy atom. The van der Waals surface area contributed by atoms with Crippen LogP contribution >= 0.6 is 0 Å². The molecule has 52 valence electrons. The van der Waals surface area contributed by atoms with E-state index >= 15 is 0 Å². The Morgan fingerprint density at radius 1 is 0.571 bits per heavy atom. The summed E-state index contributed by atoms with van der Waals surface area (Å²) >= 11 is 0. The van der Waals surface area contributed by atoms with Gasteiger partial charge in [-0.25, -0.2) is 0 Å². The third-order valence-corrected chi connectivity index (χ3v) is 0. The molecule has 0 bridgehead atoms. The second-order valence-corrected chi connectivity index (χ2v) is 0. The molecule has 0 spiro atoms. The third kappa shape index (κ3) is 56.5. The van der Waals surface area contributed by atoms with E-state index in [-0.39, 0.29) is 115 Å². The molecule has 0 N–H and O–H groups in total. The van der Waals surface area contributed by atoms with Gasteiger partial charge in [-0.2, -0.15) is 0 Å². The van der Waals surface area contributed by atoms with Crippen LogP contribution in [0.15, 0.2) is 0 Å². The normalized spacial score (nSPS) is 0. The molecular formula is H7BaF5Gd. The van der Waals surface area contributed by atoms with Crippen molar-refractivity contribution >= 4 is 48.9 Å². The molecule has 0 aromatic heterocycles. The molecule has 0 aliphatic heterocycles. The molecule has 0 aliphatic carbocycles. The number of rotatable bonds is 0. The number of halogens is 5. The first-order valence-corrected chi connectivity index (χ1v) is 0. The van der Waals surface area contributed by atoms with Crippen molar-refractivity contribution in [2.75, 3.05) is 0 Å². The van der Waals surface area contributed by atoms with Crippen molar-refractivity contribution < 1.29 is 66.3 Å². The summed E-state index contributed by atoms with van der Waals surface area (Å²) in [4.78, 5) is 0. The molecule has 7 heavy (non-hydrogen) atoms. The average molecular weight is 397 g/mol. The minimum absolute atomic E-state index is 0. The summed E-state index contributed by atoms with van der Waals surface area (Å²) in [5, 5.41) is 0. The van der Waals surface area contributed by atoms with E-state index < -0.39 is 0 Å². The summed E-state index contributed by atoms with van der Waals surface area (Å²) in [7, 11) is 0. The van der Waals surface area contributed by atoms with Crippen LogP contribution in [0, 0.1) is 39.9 Å². The van der Waals surface area contributed by atoms with Crippen molar-refractivity contribution in [3.8, 4) is 0 Å². The summed E-state index contributed by atoms with van der Waals surface area (Å²) in [5.41, 5.74) is 0. The van der Waals surface area contributed by atoms with Gasteiger partial charge in [-0.3, -0.25) is 23.5 Å². The molecule has 0 unspecified atom stereocenters. The van der Waals surface area contributed by atoms with Crippen LogP contribution < -0.4 is 0 Å². The van der Waals surface area contributed by atoms with Gasteiger partial charge in [0.15, 0.2) is 0 Å². The Labute approximate surface area is 113 Å². The topological polar surface area (TPSA) is 0 Å². The Balaban J connectivity index is 0. The molecule has 7 heteroatoms. The van der Waals surface area contributed by atoms with Gasteiger partial charge in [0.05, 0.1) is 0 Å². The number of hydrogen-bond donors (Lipinski definition) is 0. The molecule has 0 nitrogen and oxygen atoms in total. The second kappa shape index (κ2) is 75.1. The Hall–Kier alpha value is 2.55. The van der Waals surface area contributed by atoms with Crippen LogP contribution in [-0.4, -0.2) is 48.9 Å². The maximum Gasteiger partial charge on any atom is 2.00 e. The van der Waals surface area contributed by atoms with Gasteiger partial charge in [0.1, 0.15) is 0 Å². The maximum atomic E-state index is 0. The molecule has 0 fully saturated rings. The van der Waals surface area contributed by atoms with Gasteiger partial charge >= 0.3 is 48.9 Å². The van der Waals surface area contributed by atoms with E-state index in [0.29, 0.717) is 0 Å². The monoisotopic (exact) mass is 398 g/mol. The first-order chi connectivity index (χ1) is 0. The predicted octanol–water partition coefficient (Wildman–Crippen LogP) is 0.607. The van der Waals surface area contributed by atoms with Gasteiger partial charge in [-0.05, 0) is 0 Å². The summed E-state index contributed by atoms with van der Waals surface area (Å²) in [6.45, 7) is 0. The van der Waals surface area contributed by atoms with Crippen LogP contribution in [0.1, 0.15) is 2.85 Å². The van der Waals surface area contributed by atoms with Crippen LogP contribution in [0.25, 0.3) is 0 Å². The zero-order chi connectivity index (χ0) is 0. The van der Waals surface area contributed by atoms with Crippen LogP contribution in [0.5, 0.6) is 0 Å². The van der Waals surface area contributed by atoms with Gasteiger partial charge in [-0.15, -0.1) is 0 Å². The summed E-state index contributed by atoms with van der Waals surface area (Å²) < 4.78 is 0.